The van der Waals surface area contributed by atoms with E-state index >= 15 is 0 Å². The van der Waals surface area contributed by atoms with Crippen molar-refractivity contribution in [3.05, 3.63) is 40.3 Å². The summed E-state index contributed by atoms with van der Waals surface area (Å²) in [6.45, 7) is 2.34. The average Bonchev–Trinajstić information content (AvgIpc) is 3.01. The third-order valence-corrected chi connectivity index (χ3v) is 3.81. The Labute approximate surface area is 133 Å². The molecule has 0 fully saturated rings. The van der Waals surface area contributed by atoms with Crippen LogP contribution in [0.1, 0.15) is 41.0 Å². The second kappa shape index (κ2) is 8.23. The van der Waals surface area contributed by atoms with Gasteiger partial charge in [-0.3, -0.25) is 9.59 Å². The predicted octanol–water partition coefficient (Wildman–Crippen LogP) is 2.60. The number of aromatic nitrogens is 2. The minimum absolute atomic E-state index is 0.00710. The van der Waals surface area contributed by atoms with Crippen molar-refractivity contribution >= 4 is 28.8 Å². The quantitative estimate of drug-likeness (QED) is 0.822. The van der Waals surface area contributed by atoms with Crippen molar-refractivity contribution in [3.63, 3.8) is 0 Å². The highest BCUT2D eigenvalue weighted by molar-refractivity contribution is 7.13. The molecule has 6 nitrogen and oxygen atoms in total. The van der Waals surface area contributed by atoms with E-state index in [1.165, 1.54) is 11.3 Å². The van der Waals surface area contributed by atoms with Gasteiger partial charge in [0.1, 0.15) is 5.01 Å². The van der Waals surface area contributed by atoms with Gasteiger partial charge >= 0.3 is 0 Å². The third-order valence-electron chi connectivity index (χ3n) is 2.89. The zero-order chi connectivity index (χ0) is 15.8. The molecule has 2 N–H and O–H groups in total. The Kier molecular flexibility index (Phi) is 6.02. The number of nitrogens with one attached hydrogen (secondary N) is 2. The third kappa shape index (κ3) is 4.92. The SMILES string of the molecule is CCCCC(=O)NCc1nnc(C(=O)Nc2ccccc2)s1. The maximum absolute atomic E-state index is 12.0. The number of hydrogen-bond acceptors (Lipinski definition) is 5. The number of benzene rings is 1. The first-order valence-electron chi connectivity index (χ1n) is 7.14. The molecule has 0 saturated heterocycles. The summed E-state index contributed by atoms with van der Waals surface area (Å²) in [6, 6.07) is 9.15. The van der Waals surface area contributed by atoms with E-state index in [1.807, 2.05) is 25.1 Å². The van der Waals surface area contributed by atoms with Crippen molar-refractivity contribution in [3.8, 4) is 0 Å². The van der Waals surface area contributed by atoms with Gasteiger partial charge in [0, 0.05) is 12.1 Å². The van der Waals surface area contributed by atoms with Crippen LogP contribution in [0.15, 0.2) is 30.3 Å². The number of nitrogens with zero attached hydrogens (tertiary/aromatic N) is 2. The lowest BCUT2D eigenvalue weighted by Gasteiger charge is -2.01. The molecule has 0 unspecified atom stereocenters. The minimum Gasteiger partial charge on any atom is -0.350 e. The van der Waals surface area contributed by atoms with Crippen LogP contribution in [0.2, 0.25) is 0 Å². The van der Waals surface area contributed by atoms with Crippen LogP contribution in [0.25, 0.3) is 0 Å². The zero-order valence-corrected chi connectivity index (χ0v) is 13.2. The van der Waals surface area contributed by atoms with E-state index in [0.717, 1.165) is 12.8 Å². The lowest BCUT2D eigenvalue weighted by atomic mass is 10.2. The number of amides is 2. The van der Waals surface area contributed by atoms with Gasteiger partial charge in [0.25, 0.3) is 5.91 Å². The number of unbranched alkanes of at least 4 members (excludes halogenated alkanes) is 1. The summed E-state index contributed by atoms with van der Waals surface area (Å²) in [5, 5.41) is 14.2. The van der Waals surface area contributed by atoms with E-state index in [-0.39, 0.29) is 16.8 Å². The molecule has 0 aliphatic heterocycles. The molecule has 0 aliphatic rings. The normalized spacial score (nSPS) is 10.2. The highest BCUT2D eigenvalue weighted by Gasteiger charge is 2.13. The van der Waals surface area contributed by atoms with E-state index < -0.39 is 0 Å². The molecule has 0 saturated carbocycles. The fraction of sp³-hybridized carbons (Fsp3) is 0.333. The van der Waals surface area contributed by atoms with Crippen molar-refractivity contribution in [2.24, 2.45) is 0 Å². The summed E-state index contributed by atoms with van der Waals surface area (Å²) in [7, 11) is 0. The molecule has 0 atom stereocenters. The van der Waals surface area contributed by atoms with Crippen LogP contribution in [-0.2, 0) is 11.3 Å². The molecule has 2 aromatic rings. The Balaban J connectivity index is 1.85. The Hall–Kier alpha value is -2.28. The monoisotopic (exact) mass is 318 g/mol. The fourth-order valence-corrected chi connectivity index (χ4v) is 2.40. The van der Waals surface area contributed by atoms with Gasteiger partial charge in [0.15, 0.2) is 0 Å². The topological polar surface area (TPSA) is 84.0 Å². The van der Waals surface area contributed by atoms with Crippen molar-refractivity contribution < 1.29 is 9.59 Å². The first-order valence-corrected chi connectivity index (χ1v) is 7.96. The second-order valence-corrected chi connectivity index (χ2v) is 5.76. The molecule has 1 aromatic carbocycles. The summed E-state index contributed by atoms with van der Waals surface area (Å²) in [5.74, 6) is -0.306. The lowest BCUT2D eigenvalue weighted by Crippen LogP contribution is -2.22. The van der Waals surface area contributed by atoms with Crippen LogP contribution >= 0.6 is 11.3 Å². The second-order valence-electron chi connectivity index (χ2n) is 4.70. The average molecular weight is 318 g/mol. The molecule has 1 aromatic heterocycles. The van der Waals surface area contributed by atoms with E-state index in [2.05, 4.69) is 20.8 Å². The van der Waals surface area contributed by atoms with E-state index in [4.69, 9.17) is 0 Å². The number of anilines is 1. The molecular weight excluding hydrogens is 300 g/mol. The van der Waals surface area contributed by atoms with Crippen LogP contribution < -0.4 is 10.6 Å². The number of carbonyl (C=O) groups is 2. The molecule has 7 heteroatoms. The maximum atomic E-state index is 12.0. The molecule has 2 rings (SSSR count). The molecule has 0 spiro atoms. The molecule has 2 amide bonds. The smallest absolute Gasteiger partial charge is 0.286 e. The van der Waals surface area contributed by atoms with Crippen LogP contribution in [0, 0.1) is 0 Å². The first kappa shape index (κ1) is 16.1. The molecule has 116 valence electrons. The van der Waals surface area contributed by atoms with Crippen molar-refractivity contribution in [1.29, 1.82) is 0 Å². The minimum atomic E-state index is -0.299. The number of hydrogen-bond donors (Lipinski definition) is 2. The summed E-state index contributed by atoms with van der Waals surface area (Å²) in [6.07, 6.45) is 2.36. The van der Waals surface area contributed by atoms with Crippen LogP contribution in [0.4, 0.5) is 5.69 Å². The van der Waals surface area contributed by atoms with Gasteiger partial charge in [-0.15, -0.1) is 10.2 Å². The van der Waals surface area contributed by atoms with Crippen molar-refractivity contribution in [2.75, 3.05) is 5.32 Å². The van der Waals surface area contributed by atoms with Gasteiger partial charge in [0.2, 0.25) is 10.9 Å². The van der Waals surface area contributed by atoms with Crippen LogP contribution in [-0.4, -0.2) is 22.0 Å². The molecular formula is C15H18N4O2S. The summed E-state index contributed by atoms with van der Waals surface area (Å²) >= 11 is 1.18. The van der Waals surface area contributed by atoms with Crippen LogP contribution in [0.3, 0.4) is 0 Å². The van der Waals surface area contributed by atoms with E-state index in [1.54, 1.807) is 12.1 Å². The van der Waals surface area contributed by atoms with Gasteiger partial charge in [-0.1, -0.05) is 42.9 Å². The maximum Gasteiger partial charge on any atom is 0.286 e. The first-order chi connectivity index (χ1) is 10.7. The summed E-state index contributed by atoms with van der Waals surface area (Å²) in [5.41, 5.74) is 0.706. The summed E-state index contributed by atoms with van der Waals surface area (Å²) in [4.78, 5) is 23.5. The summed E-state index contributed by atoms with van der Waals surface area (Å²) < 4.78 is 0. The van der Waals surface area contributed by atoms with Gasteiger partial charge in [0.05, 0.1) is 6.54 Å². The Morgan fingerprint density at radius 3 is 2.68 bits per heavy atom. The van der Waals surface area contributed by atoms with E-state index in [0.29, 0.717) is 23.7 Å². The standard InChI is InChI=1S/C15H18N4O2S/c1-2-3-9-12(20)16-10-13-18-19-15(22-13)14(21)17-11-7-5-4-6-8-11/h4-8H,2-3,9-10H2,1H3,(H,16,20)(H,17,21). The van der Waals surface area contributed by atoms with Gasteiger partial charge in [-0.05, 0) is 18.6 Å². The van der Waals surface area contributed by atoms with Crippen LogP contribution in [0.5, 0.6) is 0 Å². The van der Waals surface area contributed by atoms with Gasteiger partial charge < -0.3 is 10.6 Å². The highest BCUT2D eigenvalue weighted by Crippen LogP contribution is 2.13. The molecule has 0 radical (unpaired) electrons. The number of para-hydroxylation sites is 1. The largest absolute Gasteiger partial charge is 0.350 e. The Morgan fingerprint density at radius 1 is 1.18 bits per heavy atom. The molecule has 22 heavy (non-hydrogen) atoms. The van der Waals surface area contributed by atoms with Gasteiger partial charge in [-0.2, -0.15) is 0 Å². The van der Waals surface area contributed by atoms with Crippen molar-refractivity contribution in [2.45, 2.75) is 32.7 Å². The number of rotatable bonds is 7. The molecule has 0 aliphatic carbocycles. The Bertz CT molecular complexity index is 627. The number of carbonyl (C=O) groups excluding carboxylic acids is 2. The lowest BCUT2D eigenvalue weighted by molar-refractivity contribution is -0.121. The van der Waals surface area contributed by atoms with Gasteiger partial charge in [-0.25, -0.2) is 0 Å². The van der Waals surface area contributed by atoms with Crippen molar-refractivity contribution in [1.82, 2.24) is 15.5 Å². The highest BCUT2D eigenvalue weighted by atomic mass is 32.1. The molecule has 1 heterocycles. The fourth-order valence-electron chi connectivity index (χ4n) is 1.72. The predicted molar refractivity (Wildman–Crippen MR) is 85.7 cm³/mol. The molecule has 0 bridgehead atoms. The zero-order valence-electron chi connectivity index (χ0n) is 12.3. The Morgan fingerprint density at radius 2 is 1.95 bits per heavy atom. The van der Waals surface area contributed by atoms with E-state index in [9.17, 15) is 9.59 Å².